The van der Waals surface area contributed by atoms with Crippen LogP contribution in [0.2, 0.25) is 18.6 Å². The van der Waals surface area contributed by atoms with E-state index >= 15 is 0 Å². The highest BCUT2D eigenvalue weighted by Gasteiger charge is 2.28. The Kier molecular flexibility index (Phi) is 5.75. The van der Waals surface area contributed by atoms with Crippen LogP contribution in [0.5, 0.6) is 0 Å². The molecule has 1 unspecified atom stereocenters. The van der Waals surface area contributed by atoms with Crippen LogP contribution in [0.3, 0.4) is 0 Å². The number of imidazole rings is 1. The average Bonchev–Trinajstić information content (AvgIpc) is 3.29. The zero-order valence-corrected chi connectivity index (χ0v) is 15.6. The van der Waals surface area contributed by atoms with E-state index in [9.17, 15) is 4.39 Å². The molecule has 0 aliphatic rings. The summed E-state index contributed by atoms with van der Waals surface area (Å²) in [4.78, 5) is 8.10. The topological polar surface area (TPSA) is 48.5 Å². The summed E-state index contributed by atoms with van der Waals surface area (Å²) < 4.78 is 17.3. The van der Waals surface area contributed by atoms with Gasteiger partial charge in [-0.05, 0) is 25.0 Å². The van der Waals surface area contributed by atoms with Crippen LogP contribution in [-0.2, 0) is 13.1 Å². The molecule has 3 rings (SSSR count). The summed E-state index contributed by atoms with van der Waals surface area (Å²) in [6, 6.07) is 9.47. The lowest BCUT2D eigenvalue weighted by Crippen LogP contribution is -2.44. The number of halogens is 1. The molecule has 5 nitrogen and oxygen atoms in total. The molecule has 0 aliphatic heterocycles. The second-order valence-corrected chi connectivity index (χ2v) is 11.4. The van der Waals surface area contributed by atoms with Gasteiger partial charge in [0.1, 0.15) is 18.5 Å². The van der Waals surface area contributed by atoms with E-state index in [0.717, 1.165) is 32.0 Å². The van der Waals surface area contributed by atoms with E-state index in [4.69, 9.17) is 0 Å². The smallest absolute Gasteiger partial charge is 0.137 e. The highest BCUT2D eigenvalue weighted by Crippen LogP contribution is 2.21. The maximum Gasteiger partial charge on any atom is 0.137 e. The molecular formula is C18H24FN5Si. The molecule has 1 aromatic carbocycles. The number of benzene rings is 1. The third-order valence-corrected chi connectivity index (χ3v) is 9.47. The fourth-order valence-electron chi connectivity index (χ4n) is 3.32. The van der Waals surface area contributed by atoms with E-state index < -0.39 is 8.07 Å². The minimum absolute atomic E-state index is 0.166. The molecule has 0 aliphatic carbocycles. The first-order valence-electron chi connectivity index (χ1n) is 8.70. The monoisotopic (exact) mass is 357 g/mol. The van der Waals surface area contributed by atoms with Crippen LogP contribution in [0.15, 0.2) is 55.6 Å². The molecule has 0 N–H and O–H groups in total. The van der Waals surface area contributed by atoms with Crippen LogP contribution in [-0.4, -0.2) is 32.4 Å². The Labute approximate surface area is 148 Å². The zero-order chi connectivity index (χ0) is 17.5. The molecule has 0 bridgehead atoms. The molecule has 7 heteroatoms. The van der Waals surface area contributed by atoms with E-state index in [-0.39, 0.29) is 5.82 Å². The summed E-state index contributed by atoms with van der Waals surface area (Å²) >= 11 is 0. The third-order valence-electron chi connectivity index (χ3n) is 4.83. The fraction of sp³-hybridized carbons (Fsp3) is 0.389. The van der Waals surface area contributed by atoms with Crippen molar-refractivity contribution in [2.24, 2.45) is 0 Å². The summed E-state index contributed by atoms with van der Waals surface area (Å²) in [6.07, 6.45) is 11.2. The number of hydrogen-bond acceptors (Lipinski definition) is 3. The maximum absolute atomic E-state index is 13.3. The summed E-state index contributed by atoms with van der Waals surface area (Å²) in [5.41, 5.74) is 0. The van der Waals surface area contributed by atoms with E-state index in [2.05, 4.69) is 26.2 Å². The van der Waals surface area contributed by atoms with Gasteiger partial charge in [0.15, 0.2) is 0 Å². The van der Waals surface area contributed by atoms with Gasteiger partial charge >= 0.3 is 0 Å². The molecular weight excluding hydrogens is 333 g/mol. The summed E-state index contributed by atoms with van der Waals surface area (Å²) in [5, 5.41) is 5.51. The van der Waals surface area contributed by atoms with Gasteiger partial charge in [0, 0.05) is 25.5 Å². The highest BCUT2D eigenvalue weighted by molar-refractivity contribution is 6.90. The Balaban J connectivity index is 1.64. The van der Waals surface area contributed by atoms with Gasteiger partial charge in [-0.2, -0.15) is 5.10 Å². The Morgan fingerprint density at radius 1 is 1.00 bits per heavy atom. The largest absolute Gasteiger partial charge is 0.338 e. The Hall–Kier alpha value is -2.28. The van der Waals surface area contributed by atoms with E-state index in [0.29, 0.717) is 0 Å². The van der Waals surface area contributed by atoms with Crippen LogP contribution in [0.4, 0.5) is 4.39 Å². The molecule has 0 fully saturated rings. The van der Waals surface area contributed by atoms with Gasteiger partial charge < -0.3 is 4.57 Å². The molecule has 0 spiro atoms. The van der Waals surface area contributed by atoms with Crippen LogP contribution >= 0.6 is 0 Å². The van der Waals surface area contributed by atoms with Crippen LogP contribution in [0, 0.1) is 5.82 Å². The molecule has 0 saturated heterocycles. The van der Waals surface area contributed by atoms with Crippen LogP contribution in [0.1, 0.15) is 12.8 Å². The number of nitrogens with zero attached hydrogens (tertiary/aromatic N) is 5. The van der Waals surface area contributed by atoms with Gasteiger partial charge in [0.25, 0.3) is 0 Å². The van der Waals surface area contributed by atoms with Gasteiger partial charge in [-0.1, -0.05) is 36.0 Å². The van der Waals surface area contributed by atoms with Crippen molar-refractivity contribution in [1.29, 1.82) is 0 Å². The van der Waals surface area contributed by atoms with E-state index in [1.165, 1.54) is 11.2 Å². The normalized spacial score (nSPS) is 13.7. The third kappa shape index (κ3) is 4.85. The molecule has 0 amide bonds. The lowest BCUT2D eigenvalue weighted by Gasteiger charge is -2.28. The molecule has 1 atom stereocenters. The van der Waals surface area contributed by atoms with E-state index in [1.54, 1.807) is 24.8 Å². The molecule has 0 radical (unpaired) electrons. The Morgan fingerprint density at radius 3 is 2.40 bits per heavy atom. The van der Waals surface area contributed by atoms with Crippen molar-refractivity contribution in [2.75, 3.05) is 0 Å². The fourth-order valence-corrected chi connectivity index (χ4v) is 6.99. The Morgan fingerprint density at radius 2 is 1.76 bits per heavy atom. The lowest BCUT2D eigenvalue weighted by atomic mass is 10.3. The summed E-state index contributed by atoms with van der Waals surface area (Å²) in [5.74, 6) is -0.166. The maximum atomic E-state index is 13.3. The van der Waals surface area contributed by atoms with Crippen molar-refractivity contribution in [3.63, 3.8) is 0 Å². The molecule has 3 aromatic rings. The number of aryl methyl sites for hydroxylation is 2. The van der Waals surface area contributed by atoms with Crippen molar-refractivity contribution in [3.05, 3.63) is 61.5 Å². The quantitative estimate of drug-likeness (QED) is 0.553. The second kappa shape index (κ2) is 8.20. The first-order valence-corrected chi connectivity index (χ1v) is 11.6. The van der Waals surface area contributed by atoms with Gasteiger partial charge in [-0.3, -0.25) is 4.68 Å². The Bertz CT molecular complexity index is 700. The minimum atomic E-state index is -1.68. The molecule has 132 valence electrons. The highest BCUT2D eigenvalue weighted by atomic mass is 28.3. The lowest BCUT2D eigenvalue weighted by molar-refractivity contribution is 0.596. The first kappa shape index (κ1) is 17.5. The van der Waals surface area contributed by atoms with Gasteiger partial charge in [-0.15, -0.1) is 0 Å². The molecule has 0 saturated carbocycles. The average molecular weight is 358 g/mol. The van der Waals surface area contributed by atoms with Gasteiger partial charge in [0.2, 0.25) is 0 Å². The van der Waals surface area contributed by atoms with Gasteiger partial charge in [-0.25, -0.2) is 14.4 Å². The minimum Gasteiger partial charge on any atom is -0.338 e. The molecule has 25 heavy (non-hydrogen) atoms. The van der Waals surface area contributed by atoms with Crippen molar-refractivity contribution >= 4 is 13.3 Å². The summed E-state index contributed by atoms with van der Waals surface area (Å²) in [7, 11) is -1.68. The number of rotatable bonds is 9. The molecule has 2 heterocycles. The SMILES string of the molecule is C[Si](CCCn1ccnc1)(CCCn1cncn1)c1ccc(F)cc1. The van der Waals surface area contributed by atoms with E-state index in [1.807, 2.05) is 35.5 Å². The van der Waals surface area contributed by atoms with Crippen molar-refractivity contribution in [1.82, 2.24) is 24.3 Å². The summed E-state index contributed by atoms with van der Waals surface area (Å²) in [6.45, 7) is 4.27. The van der Waals surface area contributed by atoms with Crippen molar-refractivity contribution in [3.8, 4) is 0 Å². The number of hydrogen-bond donors (Lipinski definition) is 0. The molecule has 2 aromatic heterocycles. The first-order chi connectivity index (χ1) is 12.2. The zero-order valence-electron chi connectivity index (χ0n) is 14.6. The predicted molar refractivity (Wildman–Crippen MR) is 98.7 cm³/mol. The standard InChI is InChI=1S/C18H24FN5Si/c1-25(18-6-4-17(19)5-7-18,12-2-9-23-11-8-20-15-23)13-3-10-24-16-21-14-22-24/h4-8,11,14-16H,2-3,9-10,12-13H2,1H3. The predicted octanol–water partition coefficient (Wildman–Crippen LogP) is 3.08. The van der Waals surface area contributed by atoms with Crippen molar-refractivity contribution < 1.29 is 4.39 Å². The second-order valence-electron chi connectivity index (χ2n) is 6.73. The van der Waals surface area contributed by atoms with Crippen molar-refractivity contribution in [2.45, 2.75) is 44.6 Å². The van der Waals surface area contributed by atoms with Crippen LogP contribution < -0.4 is 5.19 Å². The number of aromatic nitrogens is 5. The van der Waals surface area contributed by atoms with Crippen LogP contribution in [0.25, 0.3) is 0 Å². The van der Waals surface area contributed by atoms with Gasteiger partial charge in [0.05, 0.1) is 14.4 Å².